The Labute approximate surface area is 162 Å². The molecule has 0 spiro atoms. The lowest BCUT2D eigenvalue weighted by Gasteiger charge is -2.14. The van der Waals surface area contributed by atoms with Gasteiger partial charge in [0.2, 0.25) is 17.2 Å². The van der Waals surface area contributed by atoms with Crippen LogP contribution in [-0.4, -0.2) is 5.91 Å². The fourth-order valence-electron chi connectivity index (χ4n) is 3.39. The lowest BCUT2D eigenvalue weighted by Crippen LogP contribution is -2.20. The summed E-state index contributed by atoms with van der Waals surface area (Å²) in [6.45, 7) is 5.49. The number of hydrogen-bond donors (Lipinski definition) is 1. The van der Waals surface area contributed by atoms with E-state index in [2.05, 4.69) is 5.32 Å². The van der Waals surface area contributed by atoms with Crippen molar-refractivity contribution in [1.29, 1.82) is 0 Å². The molecule has 4 rings (SSSR count). The molecule has 0 bridgehead atoms. The minimum absolute atomic E-state index is 0.152. The van der Waals surface area contributed by atoms with Crippen LogP contribution < -0.4 is 10.7 Å². The van der Waals surface area contributed by atoms with Crippen LogP contribution in [0.3, 0.4) is 0 Å². The van der Waals surface area contributed by atoms with E-state index in [4.69, 9.17) is 4.42 Å². The highest BCUT2D eigenvalue weighted by Crippen LogP contribution is 2.34. The zero-order valence-electron chi connectivity index (χ0n) is 16.1. The van der Waals surface area contributed by atoms with Crippen LogP contribution in [0.25, 0.3) is 32.9 Å². The minimum Gasteiger partial charge on any atom is -0.439 e. The Morgan fingerprint density at radius 1 is 0.929 bits per heavy atom. The SMILES string of the molecule is Cc1cccc2c(=O)c(-c3cccc4ccccc34)c(NC(=O)C(C)C)oc12. The molecule has 4 aromatic rings. The molecule has 0 saturated heterocycles. The monoisotopic (exact) mass is 371 g/mol. The molecule has 1 heterocycles. The van der Waals surface area contributed by atoms with Crippen molar-refractivity contribution in [3.05, 3.63) is 76.5 Å². The van der Waals surface area contributed by atoms with Crippen LogP contribution in [-0.2, 0) is 4.79 Å². The standard InChI is InChI=1S/C24H21NO3/c1-14(2)23(27)25-24-20(18-12-7-10-16-9-4-5-11-17(16)18)21(26)19-13-6-8-15(3)22(19)28-24/h4-14H,1-3H3,(H,25,27). The van der Waals surface area contributed by atoms with Gasteiger partial charge < -0.3 is 4.42 Å². The summed E-state index contributed by atoms with van der Waals surface area (Å²) in [6, 6.07) is 19.1. The Morgan fingerprint density at radius 2 is 1.61 bits per heavy atom. The second-order valence-corrected chi connectivity index (χ2v) is 7.26. The molecule has 0 atom stereocenters. The van der Waals surface area contributed by atoms with E-state index < -0.39 is 0 Å². The van der Waals surface area contributed by atoms with Gasteiger partial charge >= 0.3 is 0 Å². The summed E-state index contributed by atoms with van der Waals surface area (Å²) >= 11 is 0. The van der Waals surface area contributed by atoms with Gasteiger partial charge in [-0.05, 0) is 34.9 Å². The van der Waals surface area contributed by atoms with Gasteiger partial charge in [0.1, 0.15) is 5.58 Å². The second-order valence-electron chi connectivity index (χ2n) is 7.26. The number of amides is 1. The Kier molecular flexibility index (Phi) is 4.47. The van der Waals surface area contributed by atoms with Crippen molar-refractivity contribution in [2.24, 2.45) is 5.92 Å². The Hall–Kier alpha value is -3.40. The molecule has 1 aromatic heterocycles. The zero-order chi connectivity index (χ0) is 19.8. The highest BCUT2D eigenvalue weighted by atomic mass is 16.4. The van der Waals surface area contributed by atoms with Crippen LogP contribution in [0, 0.1) is 12.8 Å². The van der Waals surface area contributed by atoms with Gasteiger partial charge in [0.05, 0.1) is 10.9 Å². The number of anilines is 1. The van der Waals surface area contributed by atoms with E-state index in [0.717, 1.165) is 21.9 Å². The van der Waals surface area contributed by atoms with Gasteiger partial charge in [0.25, 0.3) is 0 Å². The molecule has 3 aromatic carbocycles. The maximum absolute atomic E-state index is 13.5. The Morgan fingerprint density at radius 3 is 2.39 bits per heavy atom. The number of nitrogens with one attached hydrogen (secondary N) is 1. The van der Waals surface area contributed by atoms with Gasteiger partial charge in [0.15, 0.2) is 0 Å². The van der Waals surface area contributed by atoms with Gasteiger partial charge in [0, 0.05) is 5.92 Å². The lowest BCUT2D eigenvalue weighted by molar-refractivity contribution is -0.119. The lowest BCUT2D eigenvalue weighted by atomic mass is 9.97. The first-order chi connectivity index (χ1) is 13.5. The molecule has 0 aliphatic rings. The van der Waals surface area contributed by atoms with Crippen LogP contribution in [0.15, 0.2) is 69.9 Å². The predicted octanol–water partition coefficient (Wildman–Crippen LogP) is 5.52. The van der Waals surface area contributed by atoms with Crippen LogP contribution >= 0.6 is 0 Å². The van der Waals surface area contributed by atoms with E-state index in [0.29, 0.717) is 16.5 Å². The molecule has 4 nitrogen and oxygen atoms in total. The second kappa shape index (κ2) is 6.97. The zero-order valence-corrected chi connectivity index (χ0v) is 16.1. The molecule has 0 saturated carbocycles. The third kappa shape index (κ3) is 2.97. The molecule has 0 aliphatic heterocycles. The number of rotatable bonds is 3. The van der Waals surface area contributed by atoms with Crippen LogP contribution in [0.1, 0.15) is 19.4 Å². The molecule has 0 fully saturated rings. The topological polar surface area (TPSA) is 59.3 Å². The van der Waals surface area contributed by atoms with Gasteiger partial charge in [-0.25, -0.2) is 0 Å². The fourth-order valence-corrected chi connectivity index (χ4v) is 3.39. The number of carbonyl (C=O) groups is 1. The number of carbonyl (C=O) groups excluding carboxylic acids is 1. The normalized spacial score (nSPS) is 11.3. The Bertz CT molecular complexity index is 1260. The smallest absolute Gasteiger partial charge is 0.229 e. The summed E-state index contributed by atoms with van der Waals surface area (Å²) in [4.78, 5) is 25.9. The maximum Gasteiger partial charge on any atom is 0.229 e. The van der Waals surface area contributed by atoms with Crippen molar-refractivity contribution < 1.29 is 9.21 Å². The first-order valence-corrected chi connectivity index (χ1v) is 9.33. The van der Waals surface area contributed by atoms with Crippen LogP contribution in [0.5, 0.6) is 0 Å². The van der Waals surface area contributed by atoms with E-state index in [1.165, 1.54) is 0 Å². The largest absolute Gasteiger partial charge is 0.439 e. The van der Waals surface area contributed by atoms with E-state index in [1.54, 1.807) is 19.9 Å². The molecule has 28 heavy (non-hydrogen) atoms. The van der Waals surface area contributed by atoms with E-state index in [9.17, 15) is 9.59 Å². The third-order valence-electron chi connectivity index (χ3n) is 4.93. The summed E-state index contributed by atoms with van der Waals surface area (Å²) in [5.41, 5.74) is 2.31. The summed E-state index contributed by atoms with van der Waals surface area (Å²) in [6.07, 6.45) is 0. The average Bonchev–Trinajstić information content (AvgIpc) is 2.69. The number of fused-ring (bicyclic) bond motifs is 2. The molecule has 4 heteroatoms. The fraction of sp³-hybridized carbons (Fsp3) is 0.167. The molecule has 140 valence electrons. The van der Waals surface area contributed by atoms with Gasteiger partial charge in [-0.2, -0.15) is 0 Å². The number of benzene rings is 3. The number of para-hydroxylation sites is 1. The van der Waals surface area contributed by atoms with E-state index in [-0.39, 0.29) is 23.1 Å². The van der Waals surface area contributed by atoms with Crippen molar-refractivity contribution in [2.75, 3.05) is 5.32 Å². The van der Waals surface area contributed by atoms with Crippen molar-refractivity contribution in [2.45, 2.75) is 20.8 Å². The highest BCUT2D eigenvalue weighted by molar-refractivity contribution is 6.03. The number of hydrogen-bond acceptors (Lipinski definition) is 3. The Balaban J connectivity index is 2.10. The van der Waals surface area contributed by atoms with Crippen LogP contribution in [0.4, 0.5) is 5.88 Å². The molecule has 0 unspecified atom stereocenters. The molecule has 0 aliphatic carbocycles. The minimum atomic E-state index is -0.238. The first kappa shape index (κ1) is 18.0. The summed E-state index contributed by atoms with van der Waals surface area (Å²) < 4.78 is 6.10. The first-order valence-electron chi connectivity index (χ1n) is 9.33. The van der Waals surface area contributed by atoms with E-state index >= 15 is 0 Å². The van der Waals surface area contributed by atoms with Crippen molar-refractivity contribution in [3.8, 4) is 11.1 Å². The molecular formula is C24H21NO3. The van der Waals surface area contributed by atoms with Gasteiger partial charge in [-0.3, -0.25) is 14.9 Å². The molecule has 1 amide bonds. The molecule has 0 radical (unpaired) electrons. The average molecular weight is 371 g/mol. The number of aryl methyl sites for hydroxylation is 1. The van der Waals surface area contributed by atoms with Gasteiger partial charge in [-0.15, -0.1) is 0 Å². The van der Waals surface area contributed by atoms with Crippen LogP contribution in [0.2, 0.25) is 0 Å². The van der Waals surface area contributed by atoms with Crippen molar-refractivity contribution in [1.82, 2.24) is 0 Å². The summed E-state index contributed by atoms with van der Waals surface area (Å²) in [5.74, 6) is -0.238. The van der Waals surface area contributed by atoms with Crippen molar-refractivity contribution in [3.63, 3.8) is 0 Å². The highest BCUT2D eigenvalue weighted by Gasteiger charge is 2.21. The summed E-state index contributed by atoms with van der Waals surface area (Å²) in [7, 11) is 0. The summed E-state index contributed by atoms with van der Waals surface area (Å²) in [5, 5.41) is 5.29. The van der Waals surface area contributed by atoms with Gasteiger partial charge in [-0.1, -0.05) is 68.4 Å². The quantitative estimate of drug-likeness (QED) is 0.516. The third-order valence-corrected chi connectivity index (χ3v) is 4.93. The van der Waals surface area contributed by atoms with Crippen molar-refractivity contribution >= 4 is 33.5 Å². The molecule has 1 N–H and O–H groups in total. The maximum atomic E-state index is 13.5. The molecular weight excluding hydrogens is 350 g/mol. The predicted molar refractivity (Wildman–Crippen MR) is 114 cm³/mol. The van der Waals surface area contributed by atoms with E-state index in [1.807, 2.05) is 61.5 Å².